The van der Waals surface area contributed by atoms with E-state index in [1.807, 2.05) is 66.3 Å². The molecular formula is C45H57IrN2O3-. The van der Waals surface area contributed by atoms with Gasteiger partial charge in [0.15, 0.2) is 11.4 Å². The Morgan fingerprint density at radius 3 is 2.10 bits per heavy atom. The first kappa shape index (κ1) is 41.8. The van der Waals surface area contributed by atoms with Crippen LogP contribution in [0.4, 0.5) is 0 Å². The first-order chi connectivity index (χ1) is 23.6. The fraction of sp³-hybridized carbons (Fsp3) is 0.444. The quantitative estimate of drug-likeness (QED) is 0.0813. The molecule has 0 bridgehead atoms. The van der Waals surface area contributed by atoms with Crippen molar-refractivity contribution in [3.63, 3.8) is 0 Å². The van der Waals surface area contributed by atoms with Gasteiger partial charge in [-0.3, -0.25) is 14.8 Å². The molecule has 5 nitrogen and oxygen atoms in total. The Hall–Kier alpha value is -3.60. The minimum absolute atomic E-state index is 0. The summed E-state index contributed by atoms with van der Waals surface area (Å²) in [5.41, 5.74) is 6.49. The zero-order chi connectivity index (χ0) is 36.9. The third kappa shape index (κ3) is 9.45. The number of benzene rings is 2. The Morgan fingerprint density at radius 2 is 1.49 bits per heavy atom. The number of allylic oxidation sites excluding steroid dienone is 2. The number of pyridine rings is 2. The summed E-state index contributed by atoms with van der Waals surface area (Å²) in [6.07, 6.45) is 11.3. The molecule has 5 aromatic rings. The van der Waals surface area contributed by atoms with Crippen LogP contribution in [0.2, 0.25) is 0 Å². The molecule has 0 fully saturated rings. The van der Waals surface area contributed by atoms with E-state index in [0.29, 0.717) is 5.92 Å². The number of aromatic nitrogens is 2. The first-order valence-corrected chi connectivity index (χ1v) is 18.3. The molecule has 0 spiro atoms. The number of hydrogen-bond acceptors (Lipinski definition) is 5. The second-order valence-corrected chi connectivity index (χ2v) is 15.6. The predicted molar refractivity (Wildman–Crippen MR) is 209 cm³/mol. The zero-order valence-electron chi connectivity index (χ0n) is 32.5. The van der Waals surface area contributed by atoms with E-state index in [2.05, 4.69) is 88.1 Å². The fourth-order valence-electron chi connectivity index (χ4n) is 6.21. The Balaban J connectivity index is 0.000000335. The standard InChI is InChI=1S/C30H29N2O.C15H28O2.Ir/c1-19(2)14-23-18-33-29-25(23)11-13-32-28(29)21-10-12-31-27(17-21)22-15-20-8-6-7-9-24(20)26(16-22)30(3,4)5;1-7-14(5,8-2)12(16)11-13(17)15(6,9-3)10-4;/h6-13,16-19H,14H2,1-5H3;11,16H,7-10H2,1-6H3;/q-1;;/b;12-11-;. The normalized spacial score (nSPS) is 12.5. The van der Waals surface area contributed by atoms with Crippen molar-refractivity contribution in [3.05, 3.63) is 96.2 Å². The van der Waals surface area contributed by atoms with Crippen molar-refractivity contribution in [2.45, 2.75) is 114 Å². The van der Waals surface area contributed by atoms with Crippen LogP contribution in [-0.4, -0.2) is 20.9 Å². The van der Waals surface area contributed by atoms with Gasteiger partial charge in [-0.05, 0) is 61.1 Å². The number of hydrogen-bond donors (Lipinski definition) is 1. The van der Waals surface area contributed by atoms with E-state index in [1.54, 1.807) is 0 Å². The van der Waals surface area contributed by atoms with Crippen LogP contribution in [-0.2, 0) is 36.7 Å². The molecule has 5 rings (SSSR count). The number of carbonyl (C=O) groups excluding carboxylic acids is 1. The van der Waals surface area contributed by atoms with Crippen molar-refractivity contribution >= 4 is 27.5 Å². The van der Waals surface area contributed by atoms with Crippen molar-refractivity contribution in [1.29, 1.82) is 0 Å². The zero-order valence-corrected chi connectivity index (χ0v) is 34.9. The van der Waals surface area contributed by atoms with E-state index in [4.69, 9.17) is 9.40 Å². The van der Waals surface area contributed by atoms with Crippen LogP contribution in [0.1, 0.15) is 113 Å². The van der Waals surface area contributed by atoms with E-state index in [1.165, 1.54) is 22.6 Å². The van der Waals surface area contributed by atoms with Gasteiger partial charge >= 0.3 is 0 Å². The molecule has 0 aliphatic carbocycles. The molecule has 2 aromatic carbocycles. The Morgan fingerprint density at radius 1 is 0.863 bits per heavy atom. The van der Waals surface area contributed by atoms with Gasteiger partial charge in [0.05, 0.1) is 6.26 Å². The molecular weight excluding hydrogens is 809 g/mol. The van der Waals surface area contributed by atoms with Gasteiger partial charge in [0, 0.05) is 66.0 Å². The summed E-state index contributed by atoms with van der Waals surface area (Å²) in [7, 11) is 0. The molecule has 6 heteroatoms. The molecule has 0 saturated heterocycles. The summed E-state index contributed by atoms with van der Waals surface area (Å²) in [5, 5.41) is 13.6. The minimum atomic E-state index is -0.337. The fourth-order valence-corrected chi connectivity index (χ4v) is 6.21. The topological polar surface area (TPSA) is 76.2 Å². The van der Waals surface area contributed by atoms with Crippen molar-refractivity contribution in [2.24, 2.45) is 16.7 Å². The average molecular weight is 866 g/mol. The third-order valence-corrected chi connectivity index (χ3v) is 10.7. The summed E-state index contributed by atoms with van der Waals surface area (Å²) >= 11 is 0. The minimum Gasteiger partial charge on any atom is -0.512 e. The number of aliphatic hydroxyl groups excluding tert-OH is 1. The van der Waals surface area contributed by atoms with Crippen molar-refractivity contribution in [2.75, 3.05) is 0 Å². The molecule has 0 aliphatic heterocycles. The maximum absolute atomic E-state index is 12.2. The van der Waals surface area contributed by atoms with Crippen LogP contribution in [0.3, 0.4) is 0 Å². The molecule has 0 atom stereocenters. The van der Waals surface area contributed by atoms with Gasteiger partial charge in [-0.2, -0.15) is 0 Å². The van der Waals surface area contributed by atoms with Crippen molar-refractivity contribution in [3.8, 4) is 22.5 Å². The van der Waals surface area contributed by atoms with Gasteiger partial charge in [0.2, 0.25) is 0 Å². The summed E-state index contributed by atoms with van der Waals surface area (Å²) < 4.78 is 6.01. The smallest absolute Gasteiger partial charge is 0.164 e. The largest absolute Gasteiger partial charge is 0.512 e. The summed E-state index contributed by atoms with van der Waals surface area (Å²) in [5.74, 6) is 0.851. The van der Waals surface area contributed by atoms with Gasteiger partial charge in [-0.15, -0.1) is 29.1 Å². The van der Waals surface area contributed by atoms with Gasteiger partial charge in [-0.25, -0.2) is 0 Å². The predicted octanol–water partition coefficient (Wildman–Crippen LogP) is 12.7. The van der Waals surface area contributed by atoms with Crippen LogP contribution >= 0.6 is 0 Å². The number of aliphatic hydroxyl groups is 1. The van der Waals surface area contributed by atoms with E-state index >= 15 is 0 Å². The molecule has 275 valence electrons. The number of carbonyl (C=O) groups is 1. The molecule has 0 saturated carbocycles. The SMILES string of the molecule is CC(C)Cc1coc2c(-c3ccnc(-c4[c-]c5ccccc5c(C(C)(C)C)c4)c3)nccc12.CCC(C)(CC)C(=O)/C=C(\O)C(C)(CC)CC.[Ir]. The molecule has 3 aromatic heterocycles. The molecule has 1 N–H and O–H groups in total. The number of rotatable bonds is 11. The number of nitrogens with zero attached hydrogens (tertiary/aromatic N) is 2. The summed E-state index contributed by atoms with van der Waals surface area (Å²) in [6, 6.07) is 20.4. The van der Waals surface area contributed by atoms with Crippen LogP contribution in [0, 0.1) is 22.8 Å². The van der Waals surface area contributed by atoms with E-state index in [0.717, 1.165) is 71.0 Å². The number of ketones is 1. The second kappa shape index (κ2) is 17.3. The first-order valence-electron chi connectivity index (χ1n) is 18.3. The Bertz CT molecular complexity index is 1960. The Kier molecular flexibility index (Phi) is 14.2. The van der Waals surface area contributed by atoms with Crippen molar-refractivity contribution < 1.29 is 34.4 Å². The van der Waals surface area contributed by atoms with Crippen LogP contribution in [0.25, 0.3) is 44.3 Å². The van der Waals surface area contributed by atoms with E-state index in [9.17, 15) is 9.90 Å². The van der Waals surface area contributed by atoms with Crippen molar-refractivity contribution in [1.82, 2.24) is 9.97 Å². The molecule has 3 heterocycles. The molecule has 0 unspecified atom stereocenters. The van der Waals surface area contributed by atoms with Gasteiger partial charge in [-0.1, -0.05) is 111 Å². The van der Waals surface area contributed by atoms with E-state index in [-0.39, 0.29) is 47.9 Å². The van der Waals surface area contributed by atoms with Crippen LogP contribution in [0.5, 0.6) is 0 Å². The maximum atomic E-state index is 12.2. The van der Waals surface area contributed by atoms with Crippen LogP contribution < -0.4 is 0 Å². The Labute approximate surface area is 319 Å². The van der Waals surface area contributed by atoms with E-state index < -0.39 is 0 Å². The van der Waals surface area contributed by atoms with Gasteiger partial charge in [0.1, 0.15) is 11.5 Å². The molecule has 0 aliphatic rings. The van der Waals surface area contributed by atoms with Gasteiger partial charge in [0.25, 0.3) is 0 Å². The average Bonchev–Trinajstić information content (AvgIpc) is 3.52. The monoisotopic (exact) mass is 866 g/mol. The molecule has 51 heavy (non-hydrogen) atoms. The molecule has 1 radical (unpaired) electrons. The van der Waals surface area contributed by atoms with Gasteiger partial charge < -0.3 is 9.52 Å². The third-order valence-electron chi connectivity index (χ3n) is 10.7. The second-order valence-electron chi connectivity index (χ2n) is 15.6. The maximum Gasteiger partial charge on any atom is 0.164 e. The molecule has 0 amide bonds. The number of fused-ring (bicyclic) bond motifs is 2. The summed E-state index contributed by atoms with van der Waals surface area (Å²) in [4.78, 5) is 21.6. The number of furan rings is 1. The summed E-state index contributed by atoms with van der Waals surface area (Å²) in [6.45, 7) is 23.3. The van der Waals surface area contributed by atoms with Crippen LogP contribution in [0.15, 0.2) is 83.4 Å².